The molecule has 36 heavy (non-hydrogen) atoms. The summed E-state index contributed by atoms with van der Waals surface area (Å²) in [5.74, 6) is 0.392. The SMILES string of the molecule is C=CC(c1cc2ccc(Cl)cc2s1)S(=O)(=O)N1CCN(Cc2ccc3ncnc(N)c3c2)C(C=O)C1. The molecule has 8 nitrogen and oxygen atoms in total. The number of sulfonamides is 1. The van der Waals surface area contributed by atoms with Gasteiger partial charge >= 0.3 is 0 Å². The van der Waals surface area contributed by atoms with Gasteiger partial charge in [-0.1, -0.05) is 29.8 Å². The Bertz CT molecular complexity index is 1570. The van der Waals surface area contributed by atoms with Crippen molar-refractivity contribution in [2.45, 2.75) is 17.8 Å². The quantitative estimate of drug-likeness (QED) is 0.278. The molecule has 0 amide bonds. The van der Waals surface area contributed by atoms with Gasteiger partial charge in [0, 0.05) is 46.2 Å². The van der Waals surface area contributed by atoms with Crippen LogP contribution in [0.25, 0.3) is 21.0 Å². The van der Waals surface area contributed by atoms with Gasteiger partial charge in [0.1, 0.15) is 23.7 Å². The number of nitrogens with two attached hydrogens (primary N) is 1. The van der Waals surface area contributed by atoms with Gasteiger partial charge in [0.2, 0.25) is 10.0 Å². The number of rotatable bonds is 7. The van der Waals surface area contributed by atoms with Gasteiger partial charge in [-0.3, -0.25) is 4.90 Å². The number of benzene rings is 2. The predicted molar refractivity (Wildman–Crippen MR) is 144 cm³/mol. The van der Waals surface area contributed by atoms with E-state index in [9.17, 15) is 13.2 Å². The molecule has 1 aliphatic rings. The van der Waals surface area contributed by atoms with Gasteiger partial charge in [0.15, 0.2) is 0 Å². The Labute approximate surface area is 218 Å². The van der Waals surface area contributed by atoms with Crippen LogP contribution in [0, 0.1) is 0 Å². The number of hydrogen-bond donors (Lipinski definition) is 1. The molecule has 4 aromatic rings. The third-order valence-electron chi connectivity index (χ3n) is 6.45. The van der Waals surface area contributed by atoms with Crippen molar-refractivity contribution in [3.8, 4) is 0 Å². The summed E-state index contributed by atoms with van der Waals surface area (Å²) in [5, 5.41) is 1.37. The lowest BCUT2D eigenvalue weighted by atomic mass is 10.1. The minimum Gasteiger partial charge on any atom is -0.383 e. The lowest BCUT2D eigenvalue weighted by molar-refractivity contribution is -0.114. The molecular formula is C25H24ClN5O3S2. The summed E-state index contributed by atoms with van der Waals surface area (Å²) in [6.07, 6.45) is 3.68. The second-order valence-electron chi connectivity index (χ2n) is 8.67. The molecule has 0 radical (unpaired) electrons. The number of thiophene rings is 1. The standard InChI is InChI=1S/C25H24ClN5O3S2/c1-2-24(23-10-17-4-5-18(26)11-22(17)35-23)36(33,34)31-8-7-30(19(13-31)14-32)12-16-3-6-21-20(9-16)25(27)29-15-28-21/h2-6,9-11,14-15,19,24H,1,7-8,12-13H2,(H2,27,28,29). The largest absolute Gasteiger partial charge is 0.383 e. The number of hydrogen-bond acceptors (Lipinski definition) is 8. The van der Waals surface area contributed by atoms with Gasteiger partial charge in [0.05, 0.1) is 11.6 Å². The highest BCUT2D eigenvalue weighted by molar-refractivity contribution is 7.89. The van der Waals surface area contributed by atoms with Gasteiger partial charge in [0.25, 0.3) is 0 Å². The van der Waals surface area contributed by atoms with Gasteiger partial charge < -0.3 is 10.5 Å². The summed E-state index contributed by atoms with van der Waals surface area (Å²) in [4.78, 5) is 22.9. The molecule has 0 spiro atoms. The van der Waals surface area contributed by atoms with E-state index in [0.717, 1.165) is 32.8 Å². The van der Waals surface area contributed by atoms with Crippen molar-refractivity contribution in [2.75, 3.05) is 25.4 Å². The smallest absolute Gasteiger partial charge is 0.225 e. The fourth-order valence-corrected chi connectivity index (χ4v) is 8.00. The van der Waals surface area contributed by atoms with Crippen LogP contribution in [0.5, 0.6) is 0 Å². The molecule has 2 N–H and O–H groups in total. The average molecular weight is 542 g/mol. The molecule has 0 bridgehead atoms. The molecule has 1 saturated heterocycles. The van der Waals surface area contributed by atoms with Crippen LogP contribution in [0.3, 0.4) is 0 Å². The molecule has 2 unspecified atom stereocenters. The van der Waals surface area contributed by atoms with Crippen molar-refractivity contribution in [1.29, 1.82) is 0 Å². The second-order valence-corrected chi connectivity index (χ2v) is 12.3. The van der Waals surface area contributed by atoms with Crippen LogP contribution in [-0.2, 0) is 21.4 Å². The number of carbonyl (C=O) groups excluding carboxylic acids is 1. The van der Waals surface area contributed by atoms with Crippen LogP contribution < -0.4 is 5.73 Å². The van der Waals surface area contributed by atoms with E-state index in [1.807, 2.05) is 41.3 Å². The Balaban J connectivity index is 1.35. The Kier molecular flexibility index (Phi) is 6.80. The molecule has 1 aliphatic heterocycles. The average Bonchev–Trinajstić information content (AvgIpc) is 3.27. The highest BCUT2D eigenvalue weighted by atomic mass is 35.5. The van der Waals surface area contributed by atoms with Gasteiger partial charge in [-0.15, -0.1) is 17.9 Å². The number of halogens is 1. The van der Waals surface area contributed by atoms with Gasteiger partial charge in [-0.25, -0.2) is 18.4 Å². The topological polar surface area (TPSA) is 109 Å². The first-order valence-corrected chi connectivity index (χ1v) is 14.0. The molecule has 2 aromatic heterocycles. The number of carbonyl (C=O) groups is 1. The van der Waals surface area contributed by atoms with Crippen molar-refractivity contribution in [3.05, 3.63) is 76.9 Å². The van der Waals surface area contributed by atoms with E-state index in [1.54, 1.807) is 6.07 Å². The summed E-state index contributed by atoms with van der Waals surface area (Å²) < 4.78 is 29.6. The zero-order valence-electron chi connectivity index (χ0n) is 19.2. The van der Waals surface area contributed by atoms with Crippen LogP contribution in [-0.4, -0.2) is 59.6 Å². The van der Waals surface area contributed by atoms with Crippen molar-refractivity contribution < 1.29 is 13.2 Å². The van der Waals surface area contributed by atoms with E-state index < -0.39 is 21.3 Å². The minimum absolute atomic E-state index is 0.0751. The zero-order chi connectivity index (χ0) is 25.4. The second kappa shape index (κ2) is 9.87. The number of aldehydes is 1. The summed E-state index contributed by atoms with van der Waals surface area (Å²) in [6.45, 7) is 5.03. The molecule has 1 fully saturated rings. The number of piperazine rings is 1. The zero-order valence-corrected chi connectivity index (χ0v) is 21.6. The van der Waals surface area contributed by atoms with Crippen LogP contribution in [0.1, 0.15) is 15.7 Å². The molecule has 11 heteroatoms. The molecule has 186 valence electrons. The summed E-state index contributed by atoms with van der Waals surface area (Å²) >= 11 is 7.49. The highest BCUT2D eigenvalue weighted by Gasteiger charge is 2.38. The molecule has 2 aromatic carbocycles. The summed E-state index contributed by atoms with van der Waals surface area (Å²) in [7, 11) is -3.78. The van der Waals surface area contributed by atoms with Crippen LogP contribution in [0.2, 0.25) is 5.02 Å². The summed E-state index contributed by atoms with van der Waals surface area (Å²) in [5.41, 5.74) is 7.68. The number of nitrogens with zero attached hydrogens (tertiary/aromatic N) is 4. The van der Waals surface area contributed by atoms with Crippen molar-refractivity contribution >= 4 is 66.1 Å². The first-order chi connectivity index (χ1) is 17.3. The van der Waals surface area contributed by atoms with E-state index in [0.29, 0.717) is 28.8 Å². The molecule has 0 saturated carbocycles. The van der Waals surface area contributed by atoms with Crippen molar-refractivity contribution in [1.82, 2.24) is 19.2 Å². The first kappa shape index (κ1) is 24.8. The van der Waals surface area contributed by atoms with E-state index in [-0.39, 0.29) is 13.1 Å². The van der Waals surface area contributed by atoms with Crippen LogP contribution in [0.4, 0.5) is 5.82 Å². The van der Waals surface area contributed by atoms with Gasteiger partial charge in [-0.2, -0.15) is 4.31 Å². The van der Waals surface area contributed by atoms with Crippen LogP contribution in [0.15, 0.2) is 61.4 Å². The lowest BCUT2D eigenvalue weighted by Gasteiger charge is -2.39. The maximum Gasteiger partial charge on any atom is 0.225 e. The fraction of sp³-hybridized carbons (Fsp3) is 0.240. The van der Waals surface area contributed by atoms with E-state index in [2.05, 4.69) is 16.5 Å². The number of anilines is 1. The van der Waals surface area contributed by atoms with Crippen molar-refractivity contribution in [2.24, 2.45) is 0 Å². The molecule has 5 rings (SSSR count). The first-order valence-electron chi connectivity index (χ1n) is 11.3. The van der Waals surface area contributed by atoms with Gasteiger partial charge in [-0.05, 0) is 41.3 Å². The molecule has 3 heterocycles. The molecule has 2 atom stereocenters. The Morgan fingerprint density at radius 1 is 1.19 bits per heavy atom. The Morgan fingerprint density at radius 3 is 2.81 bits per heavy atom. The number of nitrogen functional groups attached to an aromatic ring is 1. The number of fused-ring (bicyclic) bond motifs is 2. The third-order valence-corrected chi connectivity index (χ3v) is 10.2. The normalized spacial score (nSPS) is 18.4. The van der Waals surface area contributed by atoms with E-state index >= 15 is 0 Å². The summed E-state index contributed by atoms with van der Waals surface area (Å²) in [6, 6.07) is 12.5. The fourth-order valence-electron chi connectivity index (χ4n) is 4.55. The predicted octanol–water partition coefficient (Wildman–Crippen LogP) is 4.02. The van der Waals surface area contributed by atoms with Crippen molar-refractivity contribution in [3.63, 3.8) is 0 Å². The minimum atomic E-state index is -3.78. The third kappa shape index (κ3) is 4.62. The van der Waals surface area contributed by atoms with E-state index in [4.69, 9.17) is 17.3 Å². The molecule has 0 aliphatic carbocycles. The maximum absolute atomic E-state index is 13.6. The van der Waals surface area contributed by atoms with E-state index in [1.165, 1.54) is 28.0 Å². The van der Waals surface area contributed by atoms with Crippen LogP contribution >= 0.6 is 22.9 Å². The Hall–Kier alpha value is -2.89. The lowest BCUT2D eigenvalue weighted by Crippen LogP contribution is -2.55. The number of aromatic nitrogens is 2. The maximum atomic E-state index is 13.6. The molecular weight excluding hydrogens is 518 g/mol. The monoisotopic (exact) mass is 541 g/mol. The highest BCUT2D eigenvalue weighted by Crippen LogP contribution is 2.37. The Morgan fingerprint density at radius 2 is 2.03 bits per heavy atom.